The van der Waals surface area contributed by atoms with Gasteiger partial charge in [-0.3, -0.25) is 4.84 Å². The number of hydrogen-bond donors (Lipinski definition) is 0. The Morgan fingerprint density at radius 1 is 1.33 bits per heavy atom. The fraction of sp³-hybridized carbons (Fsp3) is 1.00. The lowest BCUT2D eigenvalue weighted by Crippen LogP contribution is -2.32. The molecule has 0 aromatic rings. The van der Waals surface area contributed by atoms with Gasteiger partial charge in [-0.15, -0.1) is 7.05 Å². The van der Waals surface area contributed by atoms with E-state index in [1.54, 1.807) is 0 Å². The average molecular weight is 135 g/mol. The third kappa shape index (κ3) is 2.70. The number of nitrogens with zero attached hydrogens (tertiary/aromatic N) is 3. The summed E-state index contributed by atoms with van der Waals surface area (Å²) in [5, 5.41) is 11.1. The molecule has 0 aliphatic rings. The van der Waals surface area contributed by atoms with Crippen molar-refractivity contribution in [3.8, 4) is 0 Å². The summed E-state index contributed by atoms with van der Waals surface area (Å²) in [5.74, 6) is 0. The molecule has 0 heterocycles. The van der Waals surface area contributed by atoms with Crippen molar-refractivity contribution in [2.75, 3.05) is 21.3 Å². The molecule has 9 heavy (non-hydrogen) atoms. The van der Waals surface area contributed by atoms with Gasteiger partial charge in [-0.2, -0.15) is 5.34 Å². The minimum absolute atomic E-state index is 0.0972. The normalized spacial score (nSPS) is 11.3. The third-order valence-electron chi connectivity index (χ3n) is 0.630. The molecule has 6 heteroatoms. The lowest BCUT2D eigenvalue weighted by molar-refractivity contribution is -0.345. The molecule has 0 N–H and O–H groups in total. The highest BCUT2D eigenvalue weighted by Crippen LogP contribution is 1.99. The lowest BCUT2D eigenvalue weighted by atomic mass is 11.5. The summed E-state index contributed by atoms with van der Waals surface area (Å²) in [6.07, 6.45) is 0. The Balaban J connectivity index is 3.50. The maximum Gasteiger partial charge on any atom is 0.0579 e. The molecule has 0 aliphatic carbocycles. The van der Waals surface area contributed by atoms with Crippen molar-refractivity contribution in [1.82, 2.24) is 10.6 Å². The molecule has 0 aromatic carbocycles. The summed E-state index contributed by atoms with van der Waals surface area (Å²) in [6.45, 7) is 0. The van der Waals surface area contributed by atoms with Crippen LogP contribution >= 0.6 is 0 Å². The molecule has 0 aliphatic heterocycles. The van der Waals surface area contributed by atoms with Crippen LogP contribution < -0.4 is 0 Å². The van der Waals surface area contributed by atoms with Gasteiger partial charge >= 0.3 is 0 Å². The van der Waals surface area contributed by atoms with Crippen LogP contribution in [-0.4, -0.2) is 31.9 Å². The van der Waals surface area contributed by atoms with Gasteiger partial charge in [0, 0.05) is 0 Å². The molecule has 0 atom stereocenters. The van der Waals surface area contributed by atoms with Crippen molar-refractivity contribution in [2.24, 2.45) is 0 Å². The Bertz CT molecular complexity index is 67.3. The SMILES string of the molecule is C[N-]N(OC)N([O-])OC. The van der Waals surface area contributed by atoms with Gasteiger partial charge < -0.3 is 15.5 Å². The van der Waals surface area contributed by atoms with Gasteiger partial charge in [-0.1, -0.05) is 0 Å². The molecule has 0 saturated carbocycles. The van der Waals surface area contributed by atoms with Crippen molar-refractivity contribution in [3.05, 3.63) is 10.6 Å². The first-order chi connectivity index (χ1) is 4.26. The van der Waals surface area contributed by atoms with E-state index in [1.165, 1.54) is 21.3 Å². The van der Waals surface area contributed by atoms with E-state index in [4.69, 9.17) is 0 Å². The first kappa shape index (κ1) is 8.76. The van der Waals surface area contributed by atoms with E-state index in [0.29, 0.717) is 5.28 Å². The Hall–Kier alpha value is -0.240. The van der Waals surface area contributed by atoms with Crippen LogP contribution in [0.3, 0.4) is 0 Å². The first-order valence-electron chi connectivity index (χ1n) is 2.21. The zero-order valence-corrected chi connectivity index (χ0v) is 5.57. The maximum atomic E-state index is 10.4. The fourth-order valence-electron chi connectivity index (χ4n) is 0.291. The van der Waals surface area contributed by atoms with E-state index in [9.17, 15) is 5.21 Å². The minimum atomic E-state index is 0.0972. The van der Waals surface area contributed by atoms with Gasteiger partial charge in [-0.05, 0) is 0 Å². The molecule has 0 bridgehead atoms. The molecule has 0 spiro atoms. The van der Waals surface area contributed by atoms with Crippen LogP contribution in [0.4, 0.5) is 0 Å². The van der Waals surface area contributed by atoms with Crippen LogP contribution in [-0.2, 0) is 9.68 Å². The van der Waals surface area contributed by atoms with Gasteiger partial charge in [0.2, 0.25) is 0 Å². The van der Waals surface area contributed by atoms with Crippen molar-refractivity contribution >= 4 is 0 Å². The molecule has 0 saturated heterocycles. The number of hydrogen-bond acceptors (Lipinski definition) is 5. The van der Waals surface area contributed by atoms with Crippen molar-refractivity contribution in [1.29, 1.82) is 0 Å². The van der Waals surface area contributed by atoms with E-state index in [1.807, 2.05) is 0 Å². The highest BCUT2D eigenvalue weighted by Gasteiger charge is 1.88. The van der Waals surface area contributed by atoms with Gasteiger partial charge in [0.05, 0.1) is 14.2 Å². The smallest absolute Gasteiger partial charge is 0.0579 e. The topological polar surface area (TPSA) is 62.1 Å². The predicted octanol–water partition coefficient (Wildman–Crippen LogP) is 0.0445. The lowest BCUT2D eigenvalue weighted by Gasteiger charge is -2.42. The summed E-state index contributed by atoms with van der Waals surface area (Å²) in [5.41, 5.74) is 3.38. The van der Waals surface area contributed by atoms with Crippen LogP contribution in [0.2, 0.25) is 0 Å². The van der Waals surface area contributed by atoms with Crippen LogP contribution in [0, 0.1) is 5.21 Å². The van der Waals surface area contributed by atoms with Gasteiger partial charge in [0.1, 0.15) is 0 Å². The summed E-state index contributed by atoms with van der Waals surface area (Å²) in [4.78, 5) is 8.59. The van der Waals surface area contributed by atoms with E-state index in [-0.39, 0.29) is 5.34 Å². The predicted molar refractivity (Wildman–Crippen MR) is 30.3 cm³/mol. The van der Waals surface area contributed by atoms with Gasteiger partial charge in [0.15, 0.2) is 0 Å². The summed E-state index contributed by atoms with van der Waals surface area (Å²) >= 11 is 0. The second-order valence-corrected chi connectivity index (χ2v) is 1.06. The van der Waals surface area contributed by atoms with E-state index < -0.39 is 0 Å². The Labute approximate surface area is 53.4 Å². The molecular formula is C3H9N3O3-2. The second-order valence-electron chi connectivity index (χ2n) is 1.06. The zero-order valence-electron chi connectivity index (χ0n) is 5.57. The van der Waals surface area contributed by atoms with Crippen LogP contribution in [0.25, 0.3) is 5.43 Å². The molecule has 56 valence electrons. The Morgan fingerprint density at radius 2 is 1.89 bits per heavy atom. The molecule has 0 amide bonds. The van der Waals surface area contributed by atoms with E-state index in [2.05, 4.69) is 15.1 Å². The minimum Gasteiger partial charge on any atom is -0.747 e. The van der Waals surface area contributed by atoms with Crippen LogP contribution in [0.5, 0.6) is 0 Å². The Morgan fingerprint density at radius 3 is 2.00 bits per heavy atom. The molecule has 6 nitrogen and oxygen atoms in total. The zero-order chi connectivity index (χ0) is 7.28. The van der Waals surface area contributed by atoms with Crippen molar-refractivity contribution in [2.45, 2.75) is 0 Å². The standard InChI is InChI=1S/C3H9N3O3/c1-4-5(8-2)6(7)9-3/h1-3H3/q-2. The van der Waals surface area contributed by atoms with Gasteiger partial charge in [-0.25, -0.2) is 5.28 Å². The van der Waals surface area contributed by atoms with Crippen LogP contribution in [0.1, 0.15) is 0 Å². The highest BCUT2D eigenvalue weighted by molar-refractivity contribution is 4.53. The van der Waals surface area contributed by atoms with Crippen molar-refractivity contribution in [3.63, 3.8) is 0 Å². The van der Waals surface area contributed by atoms with E-state index >= 15 is 0 Å². The third-order valence-corrected chi connectivity index (χ3v) is 0.630. The largest absolute Gasteiger partial charge is 0.747 e. The summed E-state index contributed by atoms with van der Waals surface area (Å²) in [7, 11) is 3.91. The van der Waals surface area contributed by atoms with E-state index in [0.717, 1.165) is 0 Å². The molecule has 0 radical (unpaired) electrons. The summed E-state index contributed by atoms with van der Waals surface area (Å²) < 4.78 is 0. The molecule has 0 aromatic heterocycles. The van der Waals surface area contributed by atoms with Crippen LogP contribution in [0.15, 0.2) is 0 Å². The highest BCUT2D eigenvalue weighted by atomic mass is 17.0. The van der Waals surface area contributed by atoms with Gasteiger partial charge in [0.25, 0.3) is 0 Å². The molecule has 0 unspecified atom stereocenters. The Kier molecular flexibility index (Phi) is 4.50. The quantitative estimate of drug-likeness (QED) is 0.509. The maximum absolute atomic E-state index is 10.4. The number of rotatable bonds is 4. The molecule has 0 fully saturated rings. The monoisotopic (exact) mass is 135 g/mol. The fourth-order valence-corrected chi connectivity index (χ4v) is 0.291. The van der Waals surface area contributed by atoms with Crippen molar-refractivity contribution < 1.29 is 9.68 Å². The average Bonchev–Trinajstić information content (AvgIpc) is 1.90. The molecular weight excluding hydrogens is 126 g/mol. The second kappa shape index (κ2) is 4.62. The summed E-state index contributed by atoms with van der Waals surface area (Å²) in [6, 6.07) is 0. The molecule has 0 rings (SSSR count). The first-order valence-corrected chi connectivity index (χ1v) is 2.21. The number of hydrazine groups is 1.